The maximum absolute atomic E-state index is 13.8. The minimum atomic E-state index is -3.48. The lowest BCUT2D eigenvalue weighted by atomic mass is 9.88. The first kappa shape index (κ1) is 112. The van der Waals surface area contributed by atoms with Crippen molar-refractivity contribution in [2.24, 2.45) is 0 Å². The van der Waals surface area contributed by atoms with Gasteiger partial charge in [-0.1, -0.05) is 192 Å². The molecule has 0 spiro atoms. The predicted octanol–water partition coefficient (Wildman–Crippen LogP) is -1.99. The first-order valence-corrected chi connectivity index (χ1v) is 46.4. The van der Waals surface area contributed by atoms with Crippen molar-refractivity contribution in [1.82, 2.24) is 21.3 Å². The molecular weight excluding hydrogens is 1690 g/mol. The van der Waals surface area contributed by atoms with Gasteiger partial charge in [-0.3, -0.25) is 19.2 Å². The van der Waals surface area contributed by atoms with Gasteiger partial charge < -0.3 is 180 Å². The highest BCUT2D eigenvalue weighted by Gasteiger charge is 2.63. The number of hydrogen-bond acceptors (Lipinski definition) is 36. The minimum Gasteiger partial charge on any atom is -0.477 e. The summed E-state index contributed by atoms with van der Waals surface area (Å²) in [5.74, 6) is -9.19. The van der Waals surface area contributed by atoms with Crippen LogP contribution in [0, 0.1) is 0 Å². The second-order valence-corrected chi connectivity index (χ2v) is 34.6. The molecule has 33 atom stereocenters. The van der Waals surface area contributed by atoms with Crippen molar-refractivity contribution >= 4 is 29.6 Å². The maximum Gasteiger partial charge on any atom is 0.364 e. The van der Waals surface area contributed by atoms with Crippen LogP contribution in [0.3, 0.4) is 0 Å². The lowest BCUT2D eigenvalue weighted by molar-refractivity contribution is -0.400. The van der Waals surface area contributed by atoms with Crippen LogP contribution in [0.1, 0.15) is 240 Å². The lowest BCUT2D eigenvalue weighted by Gasteiger charge is -2.53. The van der Waals surface area contributed by atoms with E-state index in [1.807, 2.05) is 6.08 Å². The number of aliphatic carboxylic acids is 1. The molecule has 0 aliphatic carbocycles. The third-order valence-electron chi connectivity index (χ3n) is 24.4. The van der Waals surface area contributed by atoms with Crippen molar-refractivity contribution in [3.63, 3.8) is 0 Å². The van der Waals surface area contributed by atoms with E-state index in [4.69, 9.17) is 56.8 Å². The molecule has 6 fully saturated rings. The number of rotatable bonds is 62. The second-order valence-electron chi connectivity index (χ2n) is 34.6. The average molecular weight is 1850 g/mol. The largest absolute Gasteiger partial charge is 0.477 e. The van der Waals surface area contributed by atoms with E-state index in [0.29, 0.717) is 12.8 Å². The van der Waals surface area contributed by atoms with Gasteiger partial charge in [0, 0.05) is 26.7 Å². The number of hydrogen-bond donors (Lipinski definition) is 24. The first-order chi connectivity index (χ1) is 61.4. The van der Waals surface area contributed by atoms with E-state index in [9.17, 15) is 126 Å². The normalized spacial score (nSPS) is 34.5. The molecule has 0 radical (unpaired) electrons. The molecule has 6 aliphatic rings. The van der Waals surface area contributed by atoms with E-state index in [1.165, 1.54) is 122 Å². The molecule has 0 aromatic rings. The van der Waals surface area contributed by atoms with E-state index in [1.54, 1.807) is 6.08 Å². The van der Waals surface area contributed by atoms with Gasteiger partial charge in [0.1, 0.15) is 147 Å². The van der Waals surface area contributed by atoms with E-state index < -0.39 is 285 Å². The van der Waals surface area contributed by atoms with Crippen molar-refractivity contribution in [1.29, 1.82) is 0 Å². The Morgan fingerprint density at radius 2 is 0.820 bits per heavy atom. The number of unbranched alkanes of at least 4 members (excludes halogenated alkanes) is 28. The summed E-state index contributed by atoms with van der Waals surface area (Å²) in [6.07, 6.45) is -16.8. The molecule has 6 aliphatic heterocycles. The van der Waals surface area contributed by atoms with E-state index in [-0.39, 0.29) is 12.3 Å². The zero-order chi connectivity index (χ0) is 94.0. The predicted molar refractivity (Wildman–Crippen MR) is 452 cm³/mol. The van der Waals surface area contributed by atoms with Crippen LogP contribution in [0.15, 0.2) is 24.3 Å². The molecule has 0 saturated carbocycles. The topological polar surface area (TPSA) is 649 Å². The number of carbonyl (C=O) groups excluding carboxylic acids is 4. The Hall–Kier alpha value is -4.41. The molecule has 128 heavy (non-hydrogen) atoms. The Labute approximate surface area is 749 Å². The fraction of sp³-hybridized carbons (Fsp3) is 0.897. The molecule has 12 unspecified atom stereocenters. The SMILES string of the molecule is CCCCCCCC/C=C\CCCCCCCCCCCCCC(=O)N[C@@H](CO[C@@H]1OC(CO)[C@@H](O[C@@H]2OC(CO)[C@H](O[C@@H]3OC(CO)[C@H](O)[C@H](O[C@@H]4OC(CO)[C@H](O[C@@H]5OC(CO)[C@H](O)[C@H](O)C5NC(C)=O)[C@H](O[C@]5(C(=O)O)CC(O)[C@@H](NC(=O)CO)C([C@H](O)[C@H](O)CO)O5)C4O)C3NC(C)=O)[C@H](O)C2O)[C@H](O)C1O)[C@H](O)/C=C/CCCCCCCCCCCCC. The number of amides is 4. The molecule has 6 heterocycles. The smallest absolute Gasteiger partial charge is 0.364 e. The third kappa shape index (κ3) is 34.7. The van der Waals surface area contributed by atoms with Gasteiger partial charge in [-0.15, -0.1) is 0 Å². The first-order valence-electron chi connectivity index (χ1n) is 46.4. The Morgan fingerprint density at radius 1 is 0.414 bits per heavy atom. The quantitative estimate of drug-likeness (QED) is 0.0232. The molecule has 4 amide bonds. The molecular formula is C87H154N4O37. The number of nitrogens with one attached hydrogen (secondary N) is 4. The van der Waals surface area contributed by atoms with Crippen LogP contribution in [0.4, 0.5) is 0 Å². The monoisotopic (exact) mass is 1850 g/mol. The molecule has 6 saturated heterocycles. The van der Waals surface area contributed by atoms with Crippen LogP contribution in [0.2, 0.25) is 0 Å². The summed E-state index contributed by atoms with van der Waals surface area (Å²) in [6, 6.07) is -6.89. The summed E-state index contributed by atoms with van der Waals surface area (Å²) in [5, 5.41) is 234. The van der Waals surface area contributed by atoms with Gasteiger partial charge in [-0.25, -0.2) is 4.79 Å². The van der Waals surface area contributed by atoms with Crippen molar-refractivity contribution in [2.45, 2.75) is 441 Å². The van der Waals surface area contributed by atoms with Gasteiger partial charge in [-0.05, 0) is 44.9 Å². The maximum atomic E-state index is 13.8. The van der Waals surface area contributed by atoms with Crippen molar-refractivity contribution in [2.75, 3.05) is 52.9 Å². The number of allylic oxidation sites excluding steroid dienone is 3. The van der Waals surface area contributed by atoms with Crippen LogP contribution >= 0.6 is 0 Å². The van der Waals surface area contributed by atoms with Gasteiger partial charge in [0.2, 0.25) is 23.6 Å². The number of ether oxygens (including phenoxy) is 12. The lowest BCUT2D eigenvalue weighted by Crippen LogP contribution is -2.72. The summed E-state index contributed by atoms with van der Waals surface area (Å²) in [5.41, 5.74) is 0. The van der Waals surface area contributed by atoms with E-state index >= 15 is 0 Å². The van der Waals surface area contributed by atoms with Crippen LogP contribution in [-0.4, -0.2) is 386 Å². The molecule has 0 bridgehead atoms. The van der Waals surface area contributed by atoms with Crippen LogP contribution in [0.25, 0.3) is 0 Å². The molecule has 41 nitrogen and oxygen atoms in total. The van der Waals surface area contributed by atoms with Gasteiger partial charge in [0.25, 0.3) is 5.79 Å². The van der Waals surface area contributed by atoms with Crippen LogP contribution in [0.5, 0.6) is 0 Å². The number of carbonyl (C=O) groups is 5. The summed E-state index contributed by atoms with van der Waals surface area (Å²) in [7, 11) is 0. The fourth-order valence-corrected chi connectivity index (χ4v) is 17.0. The summed E-state index contributed by atoms with van der Waals surface area (Å²) < 4.78 is 72.2. The molecule has 0 aromatic carbocycles. The summed E-state index contributed by atoms with van der Waals surface area (Å²) in [4.78, 5) is 66.0. The molecule has 744 valence electrons. The average Bonchev–Trinajstić information content (AvgIpc) is 0.747. The van der Waals surface area contributed by atoms with Gasteiger partial charge in [0.05, 0.1) is 70.5 Å². The molecule has 6 rings (SSSR count). The van der Waals surface area contributed by atoms with Gasteiger partial charge in [-0.2, -0.15) is 0 Å². The Kier molecular flexibility index (Phi) is 52.8. The fourth-order valence-electron chi connectivity index (χ4n) is 17.0. The zero-order valence-corrected chi connectivity index (χ0v) is 74.7. The summed E-state index contributed by atoms with van der Waals surface area (Å²) in [6.45, 7) is -2.29. The van der Waals surface area contributed by atoms with E-state index in [2.05, 4.69) is 47.3 Å². The van der Waals surface area contributed by atoms with Crippen molar-refractivity contribution in [3.8, 4) is 0 Å². The van der Waals surface area contributed by atoms with Gasteiger partial charge >= 0.3 is 5.97 Å². The van der Waals surface area contributed by atoms with Crippen LogP contribution < -0.4 is 21.3 Å². The Bertz CT molecular complexity index is 3140. The number of carboxylic acids is 1. The molecule has 41 heteroatoms. The Balaban J connectivity index is 1.15. The van der Waals surface area contributed by atoms with E-state index in [0.717, 1.165) is 78.1 Å². The molecule has 0 aromatic heterocycles. The Morgan fingerprint density at radius 3 is 1.30 bits per heavy atom. The standard InChI is InChI=1S/C87H154N4O37/c1-5-7-9-11-13-15-17-19-20-21-22-23-24-25-26-28-30-32-34-36-38-40-61(104)90-52(53(101)39-37-35-33-31-29-27-18-16-14-12-10-8-6-2)49-117-83-72(112)70(110)76(58(45-95)120-83)124-84-73(113)71(111)75(59(46-96)121-84)123-82-65(89-51(4)100)78(68(108)57(44-94)119-82)126-85-74(114)80(77(60(47-97)122-85)125-81-64(88-50(3)99)69(109)67(107)56(43-93)118-81)128-87(86(115)116)41-54(102)63(91-62(105)48-98)79(127-87)66(106)55(103)42-92/h19-20,37,39,52-60,63-85,92-98,101-103,106-114H,5-18,21-36,38,40-49H2,1-4H3,(H,88,99)(H,89,100)(H,90,104)(H,91,105)(H,115,116)/b20-19-,39-37+/t52-,53+,54?,55+,56?,57?,58?,59?,60?,63+,64?,65?,66+,67-,68-,69+,70+,71+,72?,73?,74?,75-,76+,77-,78+,79?,80+,81-,82-,83+,84-,85-,87-/m0/s1. The third-order valence-corrected chi connectivity index (χ3v) is 24.4. The van der Waals surface area contributed by atoms with Crippen molar-refractivity contribution in [3.05, 3.63) is 24.3 Å². The highest BCUT2D eigenvalue weighted by atomic mass is 16.8. The van der Waals surface area contributed by atoms with Crippen molar-refractivity contribution < 1.29 is 183 Å². The second kappa shape index (κ2) is 60.1. The van der Waals surface area contributed by atoms with Crippen LogP contribution in [-0.2, 0) is 80.8 Å². The molecule has 24 N–H and O–H groups in total. The minimum absolute atomic E-state index is 0.149. The highest BCUT2D eigenvalue weighted by Crippen LogP contribution is 2.42. The number of aliphatic hydroxyl groups is 19. The highest BCUT2D eigenvalue weighted by molar-refractivity contribution is 5.78. The number of aliphatic hydroxyl groups excluding tert-OH is 19. The van der Waals surface area contributed by atoms with Gasteiger partial charge in [0.15, 0.2) is 31.5 Å². The number of carboxylic acid groups (broad SMARTS) is 1. The summed E-state index contributed by atoms with van der Waals surface area (Å²) >= 11 is 0. The zero-order valence-electron chi connectivity index (χ0n) is 74.7.